The van der Waals surface area contributed by atoms with E-state index in [1.165, 1.54) is 0 Å². The van der Waals surface area contributed by atoms with E-state index in [9.17, 15) is 9.59 Å². The van der Waals surface area contributed by atoms with Crippen molar-refractivity contribution in [2.24, 2.45) is 5.92 Å². The topological polar surface area (TPSA) is 77.8 Å². The van der Waals surface area contributed by atoms with E-state index < -0.39 is 17.9 Å². The van der Waals surface area contributed by atoms with Gasteiger partial charge >= 0.3 is 11.9 Å². The average molecular weight is 259 g/mol. The molecule has 0 saturated carbocycles. The van der Waals surface area contributed by atoms with Crippen molar-refractivity contribution < 1.29 is 19.8 Å². The van der Waals surface area contributed by atoms with Gasteiger partial charge in [0.25, 0.3) is 0 Å². The Bertz CT molecular complexity index is 262. The minimum absolute atomic E-state index is 0.102. The monoisotopic (exact) mass is 259 g/mol. The standard InChI is InChI=1S/C13H25NO4/c1-4-6-14(7-5-2)10(3)8-11(13(17)18)9-12(15)16/h10-11H,4-9H2,1-3H3,(H,15,16)(H,17,18). The molecule has 0 saturated heterocycles. The number of hydrogen-bond acceptors (Lipinski definition) is 3. The number of aliphatic carboxylic acids is 2. The molecule has 5 heteroatoms. The first-order valence-corrected chi connectivity index (χ1v) is 6.60. The van der Waals surface area contributed by atoms with Gasteiger partial charge in [0, 0.05) is 6.04 Å². The van der Waals surface area contributed by atoms with Gasteiger partial charge in [-0.2, -0.15) is 0 Å². The van der Waals surface area contributed by atoms with Gasteiger partial charge in [0.2, 0.25) is 0 Å². The molecule has 18 heavy (non-hydrogen) atoms. The Morgan fingerprint density at radius 3 is 1.94 bits per heavy atom. The first-order valence-electron chi connectivity index (χ1n) is 6.60. The van der Waals surface area contributed by atoms with Crippen molar-refractivity contribution in [1.82, 2.24) is 4.90 Å². The molecule has 2 N–H and O–H groups in total. The Balaban J connectivity index is 4.48. The van der Waals surface area contributed by atoms with Crippen LogP contribution in [0.15, 0.2) is 0 Å². The highest BCUT2D eigenvalue weighted by atomic mass is 16.4. The van der Waals surface area contributed by atoms with Crippen LogP contribution in [0.1, 0.15) is 46.5 Å². The Kier molecular flexibility index (Phi) is 8.37. The molecule has 0 spiro atoms. The van der Waals surface area contributed by atoms with Gasteiger partial charge in [-0.3, -0.25) is 9.59 Å². The molecule has 0 heterocycles. The van der Waals surface area contributed by atoms with E-state index >= 15 is 0 Å². The predicted molar refractivity (Wildman–Crippen MR) is 69.6 cm³/mol. The molecule has 0 aromatic carbocycles. The molecule has 0 bridgehead atoms. The quantitative estimate of drug-likeness (QED) is 0.628. The van der Waals surface area contributed by atoms with E-state index in [1.807, 2.05) is 6.92 Å². The van der Waals surface area contributed by atoms with Crippen molar-refractivity contribution in [1.29, 1.82) is 0 Å². The molecule has 0 rings (SSSR count). The third kappa shape index (κ3) is 6.59. The van der Waals surface area contributed by atoms with Crippen molar-refractivity contribution >= 4 is 11.9 Å². The molecule has 2 unspecified atom stereocenters. The summed E-state index contributed by atoms with van der Waals surface area (Å²) in [5.41, 5.74) is 0. The van der Waals surface area contributed by atoms with Gasteiger partial charge in [0.15, 0.2) is 0 Å². The van der Waals surface area contributed by atoms with Crippen molar-refractivity contribution in [2.75, 3.05) is 13.1 Å². The Labute approximate surface area is 109 Å². The number of carbonyl (C=O) groups is 2. The number of carboxylic acid groups (broad SMARTS) is 2. The van der Waals surface area contributed by atoms with Crippen LogP contribution in [0.2, 0.25) is 0 Å². The lowest BCUT2D eigenvalue weighted by atomic mass is 9.96. The van der Waals surface area contributed by atoms with Gasteiger partial charge in [-0.05, 0) is 39.3 Å². The minimum atomic E-state index is -1.05. The second-order valence-corrected chi connectivity index (χ2v) is 4.75. The summed E-state index contributed by atoms with van der Waals surface area (Å²) in [6.07, 6.45) is 2.12. The van der Waals surface area contributed by atoms with Crippen LogP contribution < -0.4 is 0 Å². The van der Waals surface area contributed by atoms with E-state index in [2.05, 4.69) is 18.7 Å². The Hall–Kier alpha value is -1.10. The molecule has 5 nitrogen and oxygen atoms in total. The van der Waals surface area contributed by atoms with Crippen LogP contribution in [0.4, 0.5) is 0 Å². The van der Waals surface area contributed by atoms with Crippen molar-refractivity contribution in [3.05, 3.63) is 0 Å². The van der Waals surface area contributed by atoms with Gasteiger partial charge in [-0.25, -0.2) is 0 Å². The van der Waals surface area contributed by atoms with Gasteiger partial charge in [-0.15, -0.1) is 0 Å². The van der Waals surface area contributed by atoms with Gasteiger partial charge in [0.1, 0.15) is 0 Å². The van der Waals surface area contributed by atoms with Crippen LogP contribution in [-0.2, 0) is 9.59 Å². The van der Waals surface area contributed by atoms with Crippen molar-refractivity contribution in [3.8, 4) is 0 Å². The van der Waals surface area contributed by atoms with Crippen LogP contribution in [0.5, 0.6) is 0 Å². The van der Waals surface area contributed by atoms with E-state index in [-0.39, 0.29) is 12.5 Å². The lowest BCUT2D eigenvalue weighted by molar-refractivity contribution is -0.149. The fourth-order valence-electron chi connectivity index (χ4n) is 2.17. The third-order valence-electron chi connectivity index (χ3n) is 3.04. The summed E-state index contributed by atoms with van der Waals surface area (Å²) in [6.45, 7) is 7.99. The SMILES string of the molecule is CCCN(CCC)C(C)CC(CC(=O)O)C(=O)O. The van der Waals surface area contributed by atoms with Gasteiger partial charge < -0.3 is 15.1 Å². The first-order chi connectivity index (χ1) is 8.42. The highest BCUT2D eigenvalue weighted by Crippen LogP contribution is 2.16. The lowest BCUT2D eigenvalue weighted by Gasteiger charge is -2.30. The zero-order valence-corrected chi connectivity index (χ0v) is 11.6. The predicted octanol–water partition coefficient (Wildman–Crippen LogP) is 2.06. The van der Waals surface area contributed by atoms with Crippen LogP contribution in [0.3, 0.4) is 0 Å². The Morgan fingerprint density at radius 2 is 1.61 bits per heavy atom. The molecule has 106 valence electrons. The number of carboxylic acids is 2. The number of nitrogens with zero attached hydrogens (tertiary/aromatic N) is 1. The summed E-state index contributed by atoms with van der Waals surface area (Å²) in [6, 6.07) is 0.102. The largest absolute Gasteiger partial charge is 0.481 e. The van der Waals surface area contributed by atoms with Gasteiger partial charge in [0.05, 0.1) is 12.3 Å². The lowest BCUT2D eigenvalue weighted by Crippen LogP contribution is -2.37. The molecule has 0 aliphatic carbocycles. The second-order valence-electron chi connectivity index (χ2n) is 4.75. The molecule has 0 aromatic rings. The Morgan fingerprint density at radius 1 is 1.11 bits per heavy atom. The molecule has 0 aliphatic heterocycles. The first kappa shape index (κ1) is 16.9. The summed E-state index contributed by atoms with van der Waals surface area (Å²) in [5.74, 6) is -2.86. The maximum atomic E-state index is 11.0. The molecule has 0 fully saturated rings. The van der Waals surface area contributed by atoms with Crippen LogP contribution in [0.25, 0.3) is 0 Å². The molecule has 0 amide bonds. The zero-order valence-electron chi connectivity index (χ0n) is 11.6. The third-order valence-corrected chi connectivity index (χ3v) is 3.04. The highest BCUT2D eigenvalue weighted by molar-refractivity contribution is 5.77. The van der Waals surface area contributed by atoms with Crippen LogP contribution in [-0.4, -0.2) is 46.2 Å². The number of rotatable bonds is 10. The molecule has 0 aliphatic rings. The summed E-state index contributed by atoms with van der Waals surface area (Å²) < 4.78 is 0. The molecule has 0 aromatic heterocycles. The van der Waals surface area contributed by atoms with Crippen molar-refractivity contribution in [2.45, 2.75) is 52.5 Å². The molecule has 0 radical (unpaired) electrons. The highest BCUT2D eigenvalue weighted by Gasteiger charge is 2.25. The van der Waals surface area contributed by atoms with Crippen LogP contribution in [0, 0.1) is 5.92 Å². The smallest absolute Gasteiger partial charge is 0.307 e. The maximum absolute atomic E-state index is 11.0. The van der Waals surface area contributed by atoms with E-state index in [4.69, 9.17) is 10.2 Å². The normalized spacial score (nSPS) is 14.4. The van der Waals surface area contributed by atoms with Crippen molar-refractivity contribution in [3.63, 3.8) is 0 Å². The summed E-state index contributed by atoms with van der Waals surface area (Å²) in [5, 5.41) is 17.7. The summed E-state index contributed by atoms with van der Waals surface area (Å²) >= 11 is 0. The van der Waals surface area contributed by atoms with E-state index in [0.29, 0.717) is 6.42 Å². The maximum Gasteiger partial charge on any atom is 0.307 e. The number of hydrogen-bond donors (Lipinski definition) is 2. The fourth-order valence-corrected chi connectivity index (χ4v) is 2.17. The fraction of sp³-hybridized carbons (Fsp3) is 0.846. The second kappa shape index (κ2) is 8.91. The van der Waals surface area contributed by atoms with E-state index in [0.717, 1.165) is 25.9 Å². The molecular formula is C13H25NO4. The molecule has 2 atom stereocenters. The minimum Gasteiger partial charge on any atom is -0.481 e. The van der Waals surface area contributed by atoms with Gasteiger partial charge in [-0.1, -0.05) is 13.8 Å². The summed E-state index contributed by atoms with van der Waals surface area (Å²) in [4.78, 5) is 23.9. The average Bonchev–Trinajstić information content (AvgIpc) is 2.27. The molecular weight excluding hydrogens is 234 g/mol. The summed E-state index contributed by atoms with van der Waals surface area (Å²) in [7, 11) is 0. The van der Waals surface area contributed by atoms with Crippen LogP contribution >= 0.6 is 0 Å². The van der Waals surface area contributed by atoms with E-state index in [1.54, 1.807) is 0 Å². The zero-order chi connectivity index (χ0) is 14.1.